The van der Waals surface area contributed by atoms with Gasteiger partial charge in [-0.25, -0.2) is 9.78 Å². The number of ether oxygens (including phenoxy) is 1. The van der Waals surface area contributed by atoms with E-state index in [-0.39, 0.29) is 18.1 Å². The Morgan fingerprint density at radius 2 is 2.64 bits per heavy atom. The Morgan fingerprint density at radius 1 is 1.82 bits per heavy atom. The molecule has 0 atom stereocenters. The summed E-state index contributed by atoms with van der Waals surface area (Å²) in [6.45, 7) is 1.01. The molecule has 2 rings (SSSR count). The average molecular weight is 154 g/mol. The van der Waals surface area contributed by atoms with Gasteiger partial charge in [0.05, 0.1) is 16.0 Å². The molecule has 0 bridgehead atoms. The second kappa shape index (κ2) is 2.47. The number of nitrogens with one attached hydrogen (secondary N) is 1. The number of H-pyrrole nitrogens is 1. The van der Waals surface area contributed by atoms with Crippen LogP contribution < -0.4 is 5.69 Å². The smallest absolute Gasteiger partial charge is 0.345 e. The zero-order valence-electron chi connectivity index (χ0n) is 7.76. The first-order valence-electron chi connectivity index (χ1n) is 4.33. The highest BCUT2D eigenvalue weighted by molar-refractivity contribution is 5.08. The monoisotopic (exact) mass is 154 g/mol. The Hall–Kier alpha value is -1.16. The minimum Gasteiger partial charge on any atom is -0.380 e. The molecule has 0 radical (unpaired) electrons. The first-order valence-corrected chi connectivity index (χ1v) is 3.33. The van der Waals surface area contributed by atoms with Crippen molar-refractivity contribution in [1.82, 2.24) is 9.97 Å². The number of hydrogen-bond donors (Lipinski definition) is 1. The van der Waals surface area contributed by atoms with Gasteiger partial charge in [-0.3, -0.25) is 0 Å². The van der Waals surface area contributed by atoms with Crippen LogP contribution in [0.4, 0.5) is 0 Å². The molecule has 4 heteroatoms. The molecule has 2 heterocycles. The van der Waals surface area contributed by atoms with E-state index in [1.807, 2.05) is 0 Å². The van der Waals surface area contributed by atoms with Crippen molar-refractivity contribution in [3.05, 3.63) is 28.4 Å². The van der Waals surface area contributed by atoms with Crippen LogP contribution in [0.3, 0.4) is 0 Å². The Kier molecular flexibility index (Phi) is 1.05. The fraction of sp³-hybridized carbons (Fsp3) is 0.429. The van der Waals surface area contributed by atoms with Crippen molar-refractivity contribution in [2.24, 2.45) is 0 Å². The second-order valence-corrected chi connectivity index (χ2v) is 2.43. The van der Waals surface area contributed by atoms with E-state index in [0.29, 0.717) is 18.9 Å². The van der Waals surface area contributed by atoms with Crippen molar-refractivity contribution in [2.75, 3.05) is 13.2 Å². The van der Waals surface area contributed by atoms with Gasteiger partial charge in [0.1, 0.15) is 0 Å². The van der Waals surface area contributed by atoms with Gasteiger partial charge in [0, 0.05) is 17.8 Å². The number of hydrogen-bond acceptors (Lipinski definition) is 3. The summed E-state index contributed by atoms with van der Waals surface area (Å²) >= 11 is 0. The van der Waals surface area contributed by atoms with E-state index in [1.54, 1.807) is 0 Å². The maximum Gasteiger partial charge on any atom is 0.345 e. The molecule has 4 nitrogen and oxygen atoms in total. The predicted molar refractivity (Wildman–Crippen MR) is 38.4 cm³/mol. The molecule has 58 valence electrons. The lowest BCUT2D eigenvalue weighted by molar-refractivity contribution is 0.00657. The van der Waals surface area contributed by atoms with Crippen LogP contribution in [0.2, 0.25) is 0 Å². The zero-order chi connectivity index (χ0) is 9.42. The topological polar surface area (TPSA) is 55.0 Å². The SMILES string of the molecule is [2H]c1nc(=O)[nH]c(C2COC2)c1[2H]. The van der Waals surface area contributed by atoms with Gasteiger partial charge in [0.15, 0.2) is 0 Å². The molecular weight excluding hydrogens is 144 g/mol. The molecule has 11 heavy (non-hydrogen) atoms. The van der Waals surface area contributed by atoms with Gasteiger partial charge in [0.2, 0.25) is 0 Å². The van der Waals surface area contributed by atoms with E-state index in [2.05, 4.69) is 9.97 Å². The van der Waals surface area contributed by atoms with Crippen molar-refractivity contribution in [2.45, 2.75) is 5.92 Å². The lowest BCUT2D eigenvalue weighted by atomic mass is 10.0. The van der Waals surface area contributed by atoms with E-state index < -0.39 is 5.69 Å². The van der Waals surface area contributed by atoms with Gasteiger partial charge in [0.25, 0.3) is 0 Å². The highest BCUT2D eigenvalue weighted by Crippen LogP contribution is 2.20. The van der Waals surface area contributed by atoms with Crippen LogP contribution in [0.15, 0.2) is 17.0 Å². The van der Waals surface area contributed by atoms with Gasteiger partial charge in [-0.15, -0.1) is 0 Å². The molecule has 0 aromatic carbocycles. The zero-order valence-corrected chi connectivity index (χ0v) is 5.76. The second-order valence-electron chi connectivity index (χ2n) is 2.43. The van der Waals surface area contributed by atoms with Crippen LogP contribution in [0, 0.1) is 0 Å². The summed E-state index contributed by atoms with van der Waals surface area (Å²) in [4.78, 5) is 16.7. The average Bonchev–Trinajstić information content (AvgIpc) is 1.95. The third kappa shape index (κ3) is 1.17. The summed E-state index contributed by atoms with van der Waals surface area (Å²) in [6, 6.07) is -0.00657. The largest absolute Gasteiger partial charge is 0.380 e. The van der Waals surface area contributed by atoms with E-state index >= 15 is 0 Å². The Labute approximate surface area is 66.0 Å². The van der Waals surface area contributed by atoms with E-state index in [4.69, 9.17) is 7.48 Å². The minimum atomic E-state index is -0.567. The number of aromatic nitrogens is 2. The van der Waals surface area contributed by atoms with Crippen LogP contribution >= 0.6 is 0 Å². The maximum atomic E-state index is 10.9. The molecule has 1 N–H and O–H groups in total. The fourth-order valence-electron chi connectivity index (χ4n) is 0.920. The Bertz CT molecular complexity index is 387. The molecule has 1 saturated heterocycles. The summed E-state index contributed by atoms with van der Waals surface area (Å²) in [5.74, 6) is 0.0484. The molecule has 1 fully saturated rings. The highest BCUT2D eigenvalue weighted by atomic mass is 16.5. The summed E-state index contributed by atoms with van der Waals surface area (Å²) in [7, 11) is 0. The molecule has 0 saturated carbocycles. The Morgan fingerprint density at radius 3 is 3.27 bits per heavy atom. The van der Waals surface area contributed by atoms with Crippen LogP contribution in [0.25, 0.3) is 0 Å². The van der Waals surface area contributed by atoms with Crippen LogP contribution in [0.1, 0.15) is 14.4 Å². The molecule has 1 aliphatic heterocycles. The third-order valence-electron chi connectivity index (χ3n) is 1.64. The maximum absolute atomic E-state index is 10.9. The summed E-state index contributed by atoms with van der Waals surface area (Å²) in [6.07, 6.45) is -0.273. The van der Waals surface area contributed by atoms with Crippen LogP contribution in [0.5, 0.6) is 0 Å². The van der Waals surface area contributed by atoms with Gasteiger partial charge in [-0.2, -0.15) is 0 Å². The van der Waals surface area contributed by atoms with Gasteiger partial charge >= 0.3 is 5.69 Å². The highest BCUT2D eigenvalue weighted by Gasteiger charge is 2.20. The van der Waals surface area contributed by atoms with Crippen molar-refractivity contribution in [3.8, 4) is 0 Å². The lowest BCUT2D eigenvalue weighted by Crippen LogP contribution is -2.28. The van der Waals surface area contributed by atoms with Gasteiger partial charge < -0.3 is 9.72 Å². The Balaban J connectivity index is 2.48. The molecule has 1 aromatic rings. The first-order chi connectivity index (χ1) is 6.18. The fourth-order valence-corrected chi connectivity index (χ4v) is 0.920. The molecule has 0 aliphatic carbocycles. The molecule has 0 spiro atoms. The van der Waals surface area contributed by atoms with Crippen LogP contribution in [-0.2, 0) is 4.74 Å². The van der Waals surface area contributed by atoms with E-state index in [1.165, 1.54) is 0 Å². The standard InChI is InChI=1S/C7H8N2O2/c10-7-8-2-1-6(9-7)5-3-11-4-5/h1-2,5H,3-4H2,(H,8,9,10)/i1D,2D. The molecule has 1 aromatic heterocycles. The van der Waals surface area contributed by atoms with Gasteiger partial charge in [-0.1, -0.05) is 0 Å². The van der Waals surface area contributed by atoms with Crippen molar-refractivity contribution in [3.63, 3.8) is 0 Å². The van der Waals surface area contributed by atoms with Crippen molar-refractivity contribution in [1.29, 1.82) is 0 Å². The van der Waals surface area contributed by atoms with Crippen LogP contribution in [-0.4, -0.2) is 23.2 Å². The number of nitrogens with zero attached hydrogens (tertiary/aromatic N) is 1. The lowest BCUT2D eigenvalue weighted by Gasteiger charge is -2.25. The first kappa shape index (κ1) is 4.66. The quantitative estimate of drug-likeness (QED) is 0.613. The third-order valence-corrected chi connectivity index (χ3v) is 1.64. The van der Waals surface area contributed by atoms with Crippen molar-refractivity contribution >= 4 is 0 Å². The summed E-state index contributed by atoms with van der Waals surface area (Å²) in [5.41, 5.74) is -0.0980. The van der Waals surface area contributed by atoms with Crippen molar-refractivity contribution < 1.29 is 7.48 Å². The van der Waals surface area contributed by atoms with Gasteiger partial charge in [-0.05, 0) is 6.04 Å². The molecule has 0 amide bonds. The van der Waals surface area contributed by atoms with E-state index in [9.17, 15) is 4.79 Å². The molecular formula is C7H8N2O2. The normalized spacial score (nSPS) is 20.4. The minimum absolute atomic E-state index is 0.00657. The predicted octanol–water partition coefficient (Wildman–Crippen LogP) is -0.116. The summed E-state index contributed by atoms with van der Waals surface area (Å²) in [5, 5.41) is 0. The molecule has 0 unspecified atom stereocenters. The number of rotatable bonds is 1. The number of aromatic amines is 1. The summed E-state index contributed by atoms with van der Waals surface area (Å²) < 4.78 is 19.7. The van der Waals surface area contributed by atoms with E-state index in [0.717, 1.165) is 0 Å². The molecule has 1 aliphatic rings.